The van der Waals surface area contributed by atoms with Gasteiger partial charge >= 0.3 is 5.97 Å². The molecule has 4 nitrogen and oxygen atoms in total. The molecule has 0 unspecified atom stereocenters. The summed E-state index contributed by atoms with van der Waals surface area (Å²) in [5.41, 5.74) is 9.20. The third kappa shape index (κ3) is 2.63. The molecule has 22 heavy (non-hydrogen) atoms. The first kappa shape index (κ1) is 15.1. The smallest absolute Gasteiger partial charge is 0.314 e. The molecule has 0 atom stereocenters. The van der Waals surface area contributed by atoms with Gasteiger partial charge in [-0.25, -0.2) is 0 Å². The van der Waals surface area contributed by atoms with Crippen LogP contribution in [0.1, 0.15) is 49.7 Å². The van der Waals surface area contributed by atoms with Crippen LogP contribution in [0.3, 0.4) is 0 Å². The van der Waals surface area contributed by atoms with Gasteiger partial charge in [0, 0.05) is 24.5 Å². The lowest BCUT2D eigenvalue weighted by Gasteiger charge is -2.34. The van der Waals surface area contributed by atoms with Crippen LogP contribution in [-0.4, -0.2) is 24.3 Å². The third-order valence-electron chi connectivity index (χ3n) is 5.00. The van der Waals surface area contributed by atoms with E-state index in [4.69, 9.17) is 10.5 Å². The summed E-state index contributed by atoms with van der Waals surface area (Å²) in [5.74, 6) is -0.760. The van der Waals surface area contributed by atoms with Crippen molar-refractivity contribution in [2.75, 3.05) is 18.9 Å². The minimum absolute atomic E-state index is 0.495. The van der Waals surface area contributed by atoms with Crippen LogP contribution in [0.15, 0.2) is 24.3 Å². The van der Waals surface area contributed by atoms with Crippen molar-refractivity contribution in [2.24, 2.45) is 0 Å². The number of hydrogen-bond donors (Lipinski definition) is 2. The summed E-state index contributed by atoms with van der Waals surface area (Å²) in [6, 6.07) is 5.74. The number of carboxylic acid groups (broad SMARTS) is 1. The van der Waals surface area contributed by atoms with Crippen LogP contribution >= 0.6 is 0 Å². The highest BCUT2D eigenvalue weighted by Gasteiger charge is 2.42. The Balaban J connectivity index is 2.03. The maximum Gasteiger partial charge on any atom is 0.314 e. The van der Waals surface area contributed by atoms with Crippen molar-refractivity contribution in [3.8, 4) is 0 Å². The molecule has 1 fully saturated rings. The number of nitrogen functional groups attached to an aromatic ring is 1. The van der Waals surface area contributed by atoms with Gasteiger partial charge in [0.1, 0.15) is 0 Å². The van der Waals surface area contributed by atoms with E-state index in [0.717, 1.165) is 29.7 Å². The maximum atomic E-state index is 11.9. The lowest BCUT2D eigenvalue weighted by Crippen LogP contribution is -2.41. The molecule has 0 spiro atoms. The molecule has 0 radical (unpaired) electrons. The van der Waals surface area contributed by atoms with Gasteiger partial charge < -0.3 is 15.6 Å². The van der Waals surface area contributed by atoms with E-state index in [-0.39, 0.29) is 0 Å². The van der Waals surface area contributed by atoms with E-state index in [2.05, 4.69) is 6.08 Å². The lowest BCUT2D eigenvalue weighted by atomic mass is 9.73. The van der Waals surface area contributed by atoms with E-state index in [1.165, 1.54) is 18.4 Å². The van der Waals surface area contributed by atoms with Gasteiger partial charge in [0.2, 0.25) is 0 Å². The maximum absolute atomic E-state index is 11.9. The number of rotatable bonds is 3. The van der Waals surface area contributed by atoms with E-state index in [1.54, 1.807) is 0 Å². The topological polar surface area (TPSA) is 72.6 Å². The molecule has 1 aliphatic carbocycles. The summed E-state index contributed by atoms with van der Waals surface area (Å²) in [6.45, 7) is 0.989. The number of carbonyl (C=O) groups is 1. The molecule has 118 valence electrons. The number of carboxylic acids is 1. The minimum Gasteiger partial charge on any atom is -0.481 e. The molecular formula is C18H23NO3. The van der Waals surface area contributed by atoms with Crippen LogP contribution in [0.4, 0.5) is 5.69 Å². The number of ether oxygens (including phenoxy) is 1. The number of allylic oxidation sites excluding steroid dienone is 2. The van der Waals surface area contributed by atoms with Gasteiger partial charge in [0.15, 0.2) is 0 Å². The molecule has 1 heterocycles. The van der Waals surface area contributed by atoms with Gasteiger partial charge in [-0.05, 0) is 61.8 Å². The Labute approximate surface area is 131 Å². The van der Waals surface area contributed by atoms with Crippen LogP contribution in [0, 0.1) is 0 Å². The minimum atomic E-state index is -0.837. The zero-order valence-electron chi connectivity index (χ0n) is 12.8. The average Bonchev–Trinajstić information content (AvgIpc) is 2.56. The highest BCUT2D eigenvalue weighted by Crippen LogP contribution is 2.39. The summed E-state index contributed by atoms with van der Waals surface area (Å²) in [5, 5.41) is 9.81. The molecular weight excluding hydrogens is 278 g/mol. The van der Waals surface area contributed by atoms with Crippen molar-refractivity contribution in [3.63, 3.8) is 0 Å². The Kier molecular flexibility index (Phi) is 4.21. The third-order valence-corrected chi connectivity index (χ3v) is 5.00. The summed E-state index contributed by atoms with van der Waals surface area (Å²) in [7, 11) is 0. The predicted octanol–water partition coefficient (Wildman–Crippen LogP) is 3.36. The summed E-state index contributed by atoms with van der Waals surface area (Å²) < 4.78 is 5.37. The fourth-order valence-corrected chi connectivity index (χ4v) is 3.56. The van der Waals surface area contributed by atoms with Crippen molar-refractivity contribution in [1.29, 1.82) is 0 Å². The summed E-state index contributed by atoms with van der Waals surface area (Å²) >= 11 is 0. The number of nitrogens with two attached hydrogens (primary N) is 1. The first-order valence-corrected chi connectivity index (χ1v) is 8.04. The summed E-state index contributed by atoms with van der Waals surface area (Å²) in [6.07, 6.45) is 7.78. The second-order valence-corrected chi connectivity index (χ2v) is 6.28. The van der Waals surface area contributed by atoms with Gasteiger partial charge in [-0.15, -0.1) is 0 Å². The van der Waals surface area contributed by atoms with Crippen LogP contribution in [0.25, 0.3) is 5.57 Å². The number of hydrogen-bond acceptors (Lipinski definition) is 3. The Morgan fingerprint density at radius 2 is 2.00 bits per heavy atom. The Bertz CT molecular complexity index is 600. The van der Waals surface area contributed by atoms with Crippen molar-refractivity contribution >= 4 is 17.2 Å². The van der Waals surface area contributed by atoms with Gasteiger partial charge in [0.05, 0.1) is 5.41 Å². The standard InChI is InChI=1S/C18H23NO3/c19-16-7-6-14(12-15(16)13-4-2-1-3-5-13)18(17(20)21)8-10-22-11-9-18/h4,6-7,12H,1-3,5,8-11,19H2,(H,20,21). The largest absolute Gasteiger partial charge is 0.481 e. The molecule has 0 bridgehead atoms. The average molecular weight is 301 g/mol. The van der Waals surface area contributed by atoms with E-state index in [9.17, 15) is 9.90 Å². The second kappa shape index (κ2) is 6.13. The highest BCUT2D eigenvalue weighted by molar-refractivity contribution is 5.84. The van der Waals surface area contributed by atoms with Crippen LogP contribution in [-0.2, 0) is 14.9 Å². The first-order valence-electron chi connectivity index (χ1n) is 8.04. The Morgan fingerprint density at radius 1 is 1.23 bits per heavy atom. The Morgan fingerprint density at radius 3 is 2.64 bits per heavy atom. The quantitative estimate of drug-likeness (QED) is 0.840. The van der Waals surface area contributed by atoms with Crippen LogP contribution < -0.4 is 5.73 Å². The second-order valence-electron chi connectivity index (χ2n) is 6.28. The molecule has 1 saturated heterocycles. The Hall–Kier alpha value is -1.81. The molecule has 1 aromatic carbocycles. The lowest BCUT2D eigenvalue weighted by molar-refractivity contribution is -0.147. The van der Waals surface area contributed by atoms with Crippen molar-refractivity contribution in [1.82, 2.24) is 0 Å². The van der Waals surface area contributed by atoms with E-state index < -0.39 is 11.4 Å². The van der Waals surface area contributed by atoms with Gasteiger partial charge in [-0.2, -0.15) is 0 Å². The first-order chi connectivity index (χ1) is 10.6. The fraction of sp³-hybridized carbons (Fsp3) is 0.500. The molecule has 2 aliphatic rings. The monoisotopic (exact) mass is 301 g/mol. The van der Waals surface area contributed by atoms with Crippen molar-refractivity contribution in [3.05, 3.63) is 35.4 Å². The van der Waals surface area contributed by atoms with E-state index in [1.807, 2.05) is 18.2 Å². The van der Waals surface area contributed by atoms with Crippen LogP contribution in [0.2, 0.25) is 0 Å². The number of benzene rings is 1. The molecule has 0 aromatic heterocycles. The van der Waals surface area contributed by atoms with Gasteiger partial charge in [0.25, 0.3) is 0 Å². The molecule has 0 saturated carbocycles. The zero-order chi connectivity index (χ0) is 15.6. The molecule has 1 aromatic rings. The van der Waals surface area contributed by atoms with E-state index >= 15 is 0 Å². The van der Waals surface area contributed by atoms with E-state index in [0.29, 0.717) is 26.1 Å². The molecule has 4 heteroatoms. The number of anilines is 1. The number of aliphatic carboxylic acids is 1. The predicted molar refractivity (Wildman–Crippen MR) is 86.7 cm³/mol. The molecule has 3 N–H and O–H groups in total. The van der Waals surface area contributed by atoms with Gasteiger partial charge in [-0.1, -0.05) is 12.1 Å². The van der Waals surface area contributed by atoms with Gasteiger partial charge in [-0.3, -0.25) is 4.79 Å². The SMILES string of the molecule is Nc1ccc(C2(C(=O)O)CCOCC2)cc1C1=CCCCC1. The zero-order valence-corrected chi connectivity index (χ0v) is 12.8. The van der Waals surface area contributed by atoms with Crippen molar-refractivity contribution < 1.29 is 14.6 Å². The normalized spacial score (nSPS) is 21.2. The molecule has 3 rings (SSSR count). The molecule has 1 aliphatic heterocycles. The van der Waals surface area contributed by atoms with Crippen LogP contribution in [0.5, 0.6) is 0 Å². The molecule has 0 amide bonds. The summed E-state index contributed by atoms with van der Waals surface area (Å²) in [4.78, 5) is 11.9. The fourth-order valence-electron chi connectivity index (χ4n) is 3.56. The van der Waals surface area contributed by atoms with Crippen molar-refractivity contribution in [2.45, 2.75) is 43.9 Å². The highest BCUT2D eigenvalue weighted by atomic mass is 16.5.